The van der Waals surface area contributed by atoms with Crippen molar-refractivity contribution in [1.29, 1.82) is 0 Å². The van der Waals surface area contributed by atoms with E-state index in [-0.39, 0.29) is 17.2 Å². The van der Waals surface area contributed by atoms with E-state index >= 15 is 0 Å². The van der Waals surface area contributed by atoms with Crippen LogP contribution in [0.1, 0.15) is 27.7 Å². The van der Waals surface area contributed by atoms with Crippen molar-refractivity contribution >= 4 is 17.6 Å². The largest absolute Gasteiger partial charge is 0.368 e. The smallest absolute Gasteiger partial charge is 0.223 e. The lowest BCUT2D eigenvalue weighted by molar-refractivity contribution is -0.133. The molecule has 0 aromatic carbocycles. The van der Waals surface area contributed by atoms with Crippen molar-refractivity contribution in [2.24, 2.45) is 5.84 Å². The summed E-state index contributed by atoms with van der Waals surface area (Å²) in [4.78, 5) is 10.4. The van der Waals surface area contributed by atoms with Gasteiger partial charge in [0, 0.05) is 19.2 Å². The molecule has 7 heteroatoms. The average Bonchev–Trinajstić information content (AvgIpc) is 2.24. The first-order chi connectivity index (χ1) is 8.71. The molecule has 0 saturated carbocycles. The van der Waals surface area contributed by atoms with Gasteiger partial charge >= 0.3 is 0 Å². The van der Waals surface area contributed by atoms with Gasteiger partial charge in [-0.1, -0.05) is 0 Å². The Kier molecular flexibility index (Phi) is 3.27. The van der Waals surface area contributed by atoms with Gasteiger partial charge in [-0.2, -0.15) is 9.97 Å². The van der Waals surface area contributed by atoms with Gasteiger partial charge in [-0.25, -0.2) is 5.84 Å². The molecule has 2 rings (SSSR count). The molecular weight excluding hydrogens is 244 g/mol. The molecule has 1 aliphatic rings. The standard InChI is InChI=1S/C12H22N6O/c1-11(2)6-18(7-12(3,4)19-11)9-5-8(17-14)15-10(13)16-9/h5H,6-7,14H2,1-4H3,(H3,13,15,16,17). The maximum atomic E-state index is 6.04. The van der Waals surface area contributed by atoms with E-state index in [0.717, 1.165) is 18.9 Å². The molecule has 0 spiro atoms. The van der Waals surface area contributed by atoms with Crippen LogP contribution in [0.4, 0.5) is 17.6 Å². The number of nitrogens with zero attached hydrogens (tertiary/aromatic N) is 3. The van der Waals surface area contributed by atoms with Gasteiger partial charge < -0.3 is 20.8 Å². The fraction of sp³-hybridized carbons (Fsp3) is 0.667. The predicted molar refractivity (Wildman–Crippen MR) is 75.7 cm³/mol. The molecule has 0 amide bonds. The molecular formula is C12H22N6O. The van der Waals surface area contributed by atoms with Crippen LogP contribution >= 0.6 is 0 Å². The highest BCUT2D eigenvalue weighted by atomic mass is 16.5. The van der Waals surface area contributed by atoms with Crippen LogP contribution in [0.5, 0.6) is 0 Å². The summed E-state index contributed by atoms with van der Waals surface area (Å²) in [5, 5.41) is 0. The number of nitrogens with one attached hydrogen (secondary N) is 1. The summed E-state index contributed by atoms with van der Waals surface area (Å²) in [7, 11) is 0. The van der Waals surface area contributed by atoms with Crippen molar-refractivity contribution in [3.63, 3.8) is 0 Å². The van der Waals surface area contributed by atoms with Crippen LogP contribution in [0.3, 0.4) is 0 Å². The zero-order chi connectivity index (χ0) is 14.3. The number of hydrazine groups is 1. The second-order valence-electron chi connectivity index (χ2n) is 6.09. The van der Waals surface area contributed by atoms with Crippen molar-refractivity contribution in [2.45, 2.75) is 38.9 Å². The Morgan fingerprint density at radius 2 is 1.79 bits per heavy atom. The summed E-state index contributed by atoms with van der Waals surface area (Å²) < 4.78 is 6.04. The van der Waals surface area contributed by atoms with Crippen LogP contribution in [0.25, 0.3) is 0 Å². The lowest BCUT2D eigenvalue weighted by Crippen LogP contribution is -2.57. The number of aromatic nitrogens is 2. The second-order valence-corrected chi connectivity index (χ2v) is 6.09. The molecule has 106 valence electrons. The first-order valence-electron chi connectivity index (χ1n) is 6.27. The summed E-state index contributed by atoms with van der Waals surface area (Å²) in [5.41, 5.74) is 7.70. The maximum absolute atomic E-state index is 6.04. The Labute approximate surface area is 113 Å². The Bertz CT molecular complexity index is 457. The van der Waals surface area contributed by atoms with Crippen molar-refractivity contribution in [3.8, 4) is 0 Å². The molecule has 1 aliphatic heterocycles. The van der Waals surface area contributed by atoms with Gasteiger partial charge in [0.25, 0.3) is 0 Å². The molecule has 0 bridgehead atoms. The first kappa shape index (κ1) is 13.8. The molecule has 7 nitrogen and oxygen atoms in total. The van der Waals surface area contributed by atoms with Crippen molar-refractivity contribution in [1.82, 2.24) is 9.97 Å². The highest BCUT2D eigenvalue weighted by molar-refractivity contribution is 5.52. The number of hydrogen-bond acceptors (Lipinski definition) is 7. The van der Waals surface area contributed by atoms with Gasteiger partial charge in [0.05, 0.1) is 11.2 Å². The van der Waals surface area contributed by atoms with Crippen molar-refractivity contribution in [3.05, 3.63) is 6.07 Å². The molecule has 1 saturated heterocycles. The van der Waals surface area contributed by atoms with Crippen LogP contribution in [-0.2, 0) is 4.74 Å². The number of anilines is 3. The van der Waals surface area contributed by atoms with Gasteiger partial charge in [-0.15, -0.1) is 0 Å². The van der Waals surface area contributed by atoms with E-state index in [1.807, 2.05) is 0 Å². The van der Waals surface area contributed by atoms with Crippen LogP contribution in [0.2, 0.25) is 0 Å². The molecule has 1 aromatic heterocycles. The highest BCUT2D eigenvalue weighted by Crippen LogP contribution is 2.31. The number of rotatable bonds is 2. The molecule has 0 radical (unpaired) electrons. The van der Waals surface area contributed by atoms with Gasteiger partial charge in [0.2, 0.25) is 5.95 Å². The van der Waals surface area contributed by atoms with E-state index < -0.39 is 0 Å². The SMILES string of the molecule is CC1(C)CN(c2cc(NN)nc(N)n2)CC(C)(C)O1. The molecule has 1 fully saturated rings. The number of nitrogen functional groups attached to an aromatic ring is 2. The quantitative estimate of drug-likeness (QED) is 0.536. The predicted octanol–water partition coefficient (Wildman–Crippen LogP) is 0.738. The maximum Gasteiger partial charge on any atom is 0.223 e. The van der Waals surface area contributed by atoms with Gasteiger partial charge in [-0.3, -0.25) is 0 Å². The topological polar surface area (TPSA) is 102 Å². The summed E-state index contributed by atoms with van der Waals surface area (Å²) in [6, 6.07) is 1.79. The third-order valence-corrected chi connectivity index (χ3v) is 2.90. The van der Waals surface area contributed by atoms with Crippen molar-refractivity contribution in [2.75, 3.05) is 29.1 Å². The summed E-state index contributed by atoms with van der Waals surface area (Å²) >= 11 is 0. The molecule has 5 N–H and O–H groups in total. The third kappa shape index (κ3) is 3.24. The Balaban J connectivity index is 2.33. The van der Waals surface area contributed by atoms with Crippen LogP contribution < -0.4 is 21.9 Å². The number of nitrogens with two attached hydrogens (primary N) is 2. The minimum atomic E-state index is -0.252. The minimum absolute atomic E-state index is 0.201. The number of hydrogen-bond donors (Lipinski definition) is 3. The zero-order valence-electron chi connectivity index (χ0n) is 11.9. The molecule has 0 atom stereocenters. The average molecular weight is 266 g/mol. The zero-order valence-corrected chi connectivity index (χ0v) is 11.9. The number of ether oxygens (including phenoxy) is 1. The lowest BCUT2D eigenvalue weighted by Gasteiger charge is -2.47. The van der Waals surface area contributed by atoms with E-state index in [2.05, 4.69) is 48.0 Å². The third-order valence-electron chi connectivity index (χ3n) is 2.90. The van der Waals surface area contributed by atoms with Crippen LogP contribution in [-0.4, -0.2) is 34.3 Å². The van der Waals surface area contributed by atoms with Crippen LogP contribution in [0, 0.1) is 0 Å². The molecule has 0 unspecified atom stereocenters. The fourth-order valence-corrected chi connectivity index (χ4v) is 2.64. The van der Waals surface area contributed by atoms with E-state index in [1.165, 1.54) is 0 Å². The second kappa shape index (κ2) is 4.50. The minimum Gasteiger partial charge on any atom is -0.368 e. The highest BCUT2D eigenvalue weighted by Gasteiger charge is 2.38. The summed E-state index contributed by atoms with van der Waals surface area (Å²) in [5.74, 6) is 6.84. The van der Waals surface area contributed by atoms with E-state index in [9.17, 15) is 0 Å². The normalized spacial score (nSPS) is 21.2. The first-order valence-corrected chi connectivity index (χ1v) is 6.27. The van der Waals surface area contributed by atoms with Crippen molar-refractivity contribution < 1.29 is 4.74 Å². The van der Waals surface area contributed by atoms with Gasteiger partial charge in [-0.05, 0) is 27.7 Å². The lowest BCUT2D eigenvalue weighted by atomic mass is 9.99. The Hall–Kier alpha value is -1.60. The number of morpholine rings is 1. The van der Waals surface area contributed by atoms with Crippen LogP contribution in [0.15, 0.2) is 6.07 Å². The Morgan fingerprint density at radius 3 is 2.32 bits per heavy atom. The van der Waals surface area contributed by atoms with Gasteiger partial charge in [0.15, 0.2) is 0 Å². The molecule has 1 aromatic rings. The van der Waals surface area contributed by atoms with E-state index in [4.69, 9.17) is 16.3 Å². The molecule has 19 heavy (non-hydrogen) atoms. The van der Waals surface area contributed by atoms with Gasteiger partial charge in [0.1, 0.15) is 11.6 Å². The molecule has 2 heterocycles. The summed E-state index contributed by atoms with van der Waals surface area (Å²) in [6.45, 7) is 9.72. The fourth-order valence-electron chi connectivity index (χ4n) is 2.64. The summed E-state index contributed by atoms with van der Waals surface area (Å²) in [6.07, 6.45) is 0. The Morgan fingerprint density at radius 1 is 1.21 bits per heavy atom. The monoisotopic (exact) mass is 266 g/mol. The molecule has 0 aliphatic carbocycles. The van der Waals surface area contributed by atoms with E-state index in [0.29, 0.717) is 5.82 Å². The van der Waals surface area contributed by atoms with E-state index in [1.54, 1.807) is 6.07 Å².